The largest absolute Gasteiger partial charge is 0.465 e. The third kappa shape index (κ3) is 3.30. The van der Waals surface area contributed by atoms with Crippen LogP contribution < -0.4 is 4.90 Å². The molecule has 1 aromatic heterocycles. The van der Waals surface area contributed by atoms with E-state index >= 15 is 0 Å². The summed E-state index contributed by atoms with van der Waals surface area (Å²) in [5.41, 5.74) is 1.43. The van der Waals surface area contributed by atoms with Gasteiger partial charge in [0.25, 0.3) is 0 Å². The van der Waals surface area contributed by atoms with E-state index in [2.05, 4.69) is 10.00 Å². The maximum absolute atomic E-state index is 12.6. The highest BCUT2D eigenvalue weighted by Crippen LogP contribution is 2.43. The first-order valence-corrected chi connectivity index (χ1v) is 9.94. The Bertz CT molecular complexity index is 977. The number of amides is 1. The highest BCUT2D eigenvalue weighted by atomic mass is 16.6. The van der Waals surface area contributed by atoms with Crippen LogP contribution in [0.4, 0.5) is 10.5 Å². The number of hydrogen-bond acceptors (Lipinski definition) is 6. The number of aromatic nitrogens is 2. The van der Waals surface area contributed by atoms with Gasteiger partial charge in [-0.05, 0) is 45.7 Å². The zero-order valence-corrected chi connectivity index (χ0v) is 17.7. The van der Waals surface area contributed by atoms with Crippen LogP contribution in [0.1, 0.15) is 44.0 Å². The highest BCUT2D eigenvalue weighted by molar-refractivity contribution is 6.06. The molecule has 2 aliphatic rings. The molecule has 1 atom stereocenters. The molecule has 1 unspecified atom stereocenters. The fourth-order valence-corrected chi connectivity index (χ4v) is 4.38. The molecule has 2 saturated heterocycles. The number of likely N-dealkylation sites (tertiary alicyclic amines) is 1. The van der Waals surface area contributed by atoms with E-state index in [4.69, 9.17) is 9.47 Å². The van der Waals surface area contributed by atoms with E-state index in [1.807, 2.05) is 45.0 Å². The Kier molecular flexibility index (Phi) is 4.47. The van der Waals surface area contributed by atoms with Crippen molar-refractivity contribution in [2.75, 3.05) is 31.6 Å². The lowest BCUT2D eigenvalue weighted by atomic mass is 9.84. The molecule has 0 saturated carbocycles. The van der Waals surface area contributed by atoms with Crippen LogP contribution in [0.25, 0.3) is 10.9 Å². The van der Waals surface area contributed by atoms with Gasteiger partial charge in [-0.25, -0.2) is 9.59 Å². The Morgan fingerprint density at radius 2 is 1.90 bits per heavy atom. The third-order valence-electron chi connectivity index (χ3n) is 5.83. The fourth-order valence-electron chi connectivity index (χ4n) is 4.38. The van der Waals surface area contributed by atoms with Gasteiger partial charge in [0, 0.05) is 44.0 Å². The van der Waals surface area contributed by atoms with Crippen LogP contribution >= 0.6 is 0 Å². The fraction of sp³-hybridized carbons (Fsp3) is 0.571. The summed E-state index contributed by atoms with van der Waals surface area (Å²) in [4.78, 5) is 28.9. The number of ether oxygens (including phenoxy) is 2. The molecule has 1 amide bonds. The molecular weight excluding hydrogens is 372 g/mol. The van der Waals surface area contributed by atoms with E-state index in [1.54, 1.807) is 10.7 Å². The van der Waals surface area contributed by atoms with E-state index in [9.17, 15) is 9.59 Å². The van der Waals surface area contributed by atoms with Gasteiger partial charge < -0.3 is 19.3 Å². The summed E-state index contributed by atoms with van der Waals surface area (Å²) in [6.45, 7) is 7.97. The Hall–Kier alpha value is -2.77. The molecule has 8 nitrogen and oxygen atoms in total. The minimum absolute atomic E-state index is 0.183. The van der Waals surface area contributed by atoms with Gasteiger partial charge in [-0.1, -0.05) is 0 Å². The van der Waals surface area contributed by atoms with Crippen molar-refractivity contribution in [3.63, 3.8) is 0 Å². The van der Waals surface area contributed by atoms with Crippen LogP contribution in [0.3, 0.4) is 0 Å². The average molecular weight is 400 g/mol. The van der Waals surface area contributed by atoms with E-state index in [0.717, 1.165) is 43.5 Å². The molecule has 0 bridgehead atoms. The molecule has 2 fully saturated rings. The minimum Gasteiger partial charge on any atom is -0.465 e. The number of aryl methyl sites for hydroxylation is 1. The molecule has 8 heteroatoms. The van der Waals surface area contributed by atoms with Crippen molar-refractivity contribution in [2.24, 2.45) is 7.05 Å². The van der Waals surface area contributed by atoms with Crippen LogP contribution in [0.2, 0.25) is 0 Å². The van der Waals surface area contributed by atoms with Gasteiger partial charge in [-0.2, -0.15) is 5.10 Å². The lowest BCUT2D eigenvalue weighted by Gasteiger charge is -2.50. The summed E-state index contributed by atoms with van der Waals surface area (Å²) < 4.78 is 12.2. The van der Waals surface area contributed by atoms with E-state index in [-0.39, 0.29) is 11.6 Å². The van der Waals surface area contributed by atoms with Crippen LogP contribution in [0.15, 0.2) is 18.3 Å². The number of benzene rings is 1. The number of fused-ring (bicyclic) bond motifs is 1. The Morgan fingerprint density at radius 1 is 1.17 bits per heavy atom. The molecular formula is C21H28N4O4. The third-order valence-corrected chi connectivity index (χ3v) is 5.83. The van der Waals surface area contributed by atoms with Crippen molar-refractivity contribution in [2.45, 2.75) is 44.8 Å². The van der Waals surface area contributed by atoms with Crippen molar-refractivity contribution in [3.05, 3.63) is 23.9 Å². The Balaban J connectivity index is 1.61. The molecule has 29 heavy (non-hydrogen) atoms. The van der Waals surface area contributed by atoms with Gasteiger partial charge in [0.1, 0.15) is 11.1 Å². The number of rotatable bonds is 2. The first kappa shape index (κ1) is 19.5. The summed E-state index contributed by atoms with van der Waals surface area (Å²) in [6, 6.07) is 3.72. The molecule has 0 N–H and O–H groups in total. The zero-order chi connectivity index (χ0) is 21.0. The number of carbonyl (C=O) groups excluding carboxylic acids is 2. The molecule has 0 aliphatic carbocycles. The van der Waals surface area contributed by atoms with Gasteiger partial charge in [0.2, 0.25) is 0 Å². The maximum Gasteiger partial charge on any atom is 0.410 e. The lowest BCUT2D eigenvalue weighted by Crippen LogP contribution is -2.64. The summed E-state index contributed by atoms with van der Waals surface area (Å²) in [6.07, 6.45) is 3.55. The normalized spacial score (nSPS) is 21.6. The predicted octanol–water partition coefficient (Wildman–Crippen LogP) is 2.95. The van der Waals surface area contributed by atoms with Crippen LogP contribution in [0, 0.1) is 0 Å². The number of esters is 1. The van der Waals surface area contributed by atoms with Crippen molar-refractivity contribution < 1.29 is 19.1 Å². The summed E-state index contributed by atoms with van der Waals surface area (Å²) in [5, 5.41) is 5.39. The second-order valence-electron chi connectivity index (χ2n) is 8.97. The number of carbonyl (C=O) groups is 2. The first-order valence-electron chi connectivity index (χ1n) is 9.94. The van der Waals surface area contributed by atoms with Gasteiger partial charge >= 0.3 is 12.1 Å². The SMILES string of the molecule is COC(=O)c1ccc(N2CCC3(CCN3C(=O)OC(C)(C)C)C2)c2cn(C)nc12. The van der Waals surface area contributed by atoms with Crippen molar-refractivity contribution >= 4 is 28.7 Å². The topological polar surface area (TPSA) is 76.9 Å². The van der Waals surface area contributed by atoms with Crippen LogP contribution in [-0.2, 0) is 16.5 Å². The maximum atomic E-state index is 12.6. The lowest BCUT2D eigenvalue weighted by molar-refractivity contribution is -0.0362. The second kappa shape index (κ2) is 6.64. The van der Waals surface area contributed by atoms with Gasteiger partial charge in [0.05, 0.1) is 18.2 Å². The van der Waals surface area contributed by atoms with Crippen LogP contribution in [0.5, 0.6) is 0 Å². The summed E-state index contributed by atoms with van der Waals surface area (Å²) in [7, 11) is 3.21. The van der Waals surface area contributed by atoms with Crippen LogP contribution in [-0.4, -0.2) is 64.6 Å². The predicted molar refractivity (Wildman–Crippen MR) is 109 cm³/mol. The second-order valence-corrected chi connectivity index (χ2v) is 8.97. The number of nitrogens with zero attached hydrogens (tertiary/aromatic N) is 4. The molecule has 2 aliphatic heterocycles. The molecule has 1 aromatic carbocycles. The van der Waals surface area contributed by atoms with Gasteiger partial charge in [0.15, 0.2) is 0 Å². The molecule has 2 aromatic rings. The molecule has 1 spiro atoms. The molecule has 3 heterocycles. The van der Waals surface area contributed by atoms with E-state index in [1.165, 1.54) is 7.11 Å². The van der Waals surface area contributed by atoms with Crippen molar-refractivity contribution in [1.29, 1.82) is 0 Å². The minimum atomic E-state index is -0.502. The molecule has 0 radical (unpaired) electrons. The highest BCUT2D eigenvalue weighted by Gasteiger charge is 2.52. The smallest absolute Gasteiger partial charge is 0.410 e. The average Bonchev–Trinajstić information content (AvgIpc) is 3.22. The number of methoxy groups -OCH3 is 1. The Morgan fingerprint density at radius 3 is 2.52 bits per heavy atom. The van der Waals surface area contributed by atoms with Gasteiger partial charge in [-0.3, -0.25) is 4.68 Å². The zero-order valence-electron chi connectivity index (χ0n) is 17.7. The van der Waals surface area contributed by atoms with Crippen molar-refractivity contribution in [1.82, 2.24) is 14.7 Å². The Labute approximate surface area is 170 Å². The van der Waals surface area contributed by atoms with E-state index in [0.29, 0.717) is 11.1 Å². The molecule has 4 rings (SSSR count). The summed E-state index contributed by atoms with van der Waals surface area (Å²) >= 11 is 0. The molecule has 156 valence electrons. The van der Waals surface area contributed by atoms with E-state index < -0.39 is 11.6 Å². The number of anilines is 1. The monoisotopic (exact) mass is 400 g/mol. The standard InChI is InChI=1S/C21H28N4O4/c1-20(2,3)29-19(27)25-11-9-21(25)8-10-24(13-21)16-7-6-14(18(26)28-5)17-15(16)12-23(4)22-17/h6-7,12H,8-11,13H2,1-5H3. The first-order chi connectivity index (χ1) is 13.6. The van der Waals surface area contributed by atoms with Crippen molar-refractivity contribution in [3.8, 4) is 0 Å². The van der Waals surface area contributed by atoms with Gasteiger partial charge in [-0.15, -0.1) is 0 Å². The number of hydrogen-bond donors (Lipinski definition) is 0. The quantitative estimate of drug-likeness (QED) is 0.722. The summed E-state index contributed by atoms with van der Waals surface area (Å²) in [5.74, 6) is -0.395.